The SMILES string of the molecule is CCCCC1CCC(CBr)(C(C)CCC)CC1. The molecule has 0 amide bonds. The zero-order chi connectivity index (χ0) is 12.7. The molecule has 0 nitrogen and oxygen atoms in total. The topological polar surface area (TPSA) is 0 Å². The lowest BCUT2D eigenvalue weighted by atomic mass is 9.64. The normalized spacial score (nSPS) is 31.4. The summed E-state index contributed by atoms with van der Waals surface area (Å²) in [6, 6.07) is 0. The maximum atomic E-state index is 3.81. The summed E-state index contributed by atoms with van der Waals surface area (Å²) in [5.74, 6) is 1.94. The lowest BCUT2D eigenvalue weighted by Gasteiger charge is -2.43. The Morgan fingerprint density at radius 2 is 1.82 bits per heavy atom. The molecule has 0 aromatic heterocycles. The minimum absolute atomic E-state index is 0.624. The summed E-state index contributed by atoms with van der Waals surface area (Å²) in [5.41, 5.74) is 0.624. The standard InChI is InChI=1S/C16H31Br/c1-4-6-8-15-9-11-16(13-17,12-10-15)14(3)7-5-2/h14-15H,4-13H2,1-3H3. The lowest BCUT2D eigenvalue weighted by molar-refractivity contribution is 0.0992. The maximum absolute atomic E-state index is 3.81. The van der Waals surface area contributed by atoms with Crippen molar-refractivity contribution in [2.45, 2.75) is 78.6 Å². The molecule has 1 rings (SSSR count). The van der Waals surface area contributed by atoms with Gasteiger partial charge in [-0.15, -0.1) is 0 Å². The van der Waals surface area contributed by atoms with Crippen molar-refractivity contribution in [1.29, 1.82) is 0 Å². The average Bonchev–Trinajstić information content (AvgIpc) is 2.37. The molecule has 0 N–H and O–H groups in total. The Hall–Kier alpha value is 0.480. The predicted octanol–water partition coefficient (Wildman–Crippen LogP) is 6.18. The molecule has 0 spiro atoms. The molecule has 1 aliphatic carbocycles. The van der Waals surface area contributed by atoms with Crippen LogP contribution < -0.4 is 0 Å². The van der Waals surface area contributed by atoms with Gasteiger partial charge in [0.15, 0.2) is 0 Å². The third-order valence-corrected chi connectivity index (χ3v) is 6.22. The van der Waals surface area contributed by atoms with Gasteiger partial charge in [0.05, 0.1) is 0 Å². The fourth-order valence-electron chi connectivity index (χ4n) is 3.53. The van der Waals surface area contributed by atoms with Crippen LogP contribution in [0.2, 0.25) is 0 Å². The first-order valence-corrected chi connectivity index (χ1v) is 8.86. The third kappa shape index (κ3) is 4.26. The van der Waals surface area contributed by atoms with Crippen LogP contribution in [0.25, 0.3) is 0 Å². The van der Waals surface area contributed by atoms with Crippen molar-refractivity contribution in [3.05, 3.63) is 0 Å². The van der Waals surface area contributed by atoms with Gasteiger partial charge in [-0.25, -0.2) is 0 Å². The highest BCUT2D eigenvalue weighted by Gasteiger charge is 2.38. The highest BCUT2D eigenvalue weighted by molar-refractivity contribution is 9.09. The number of hydrogen-bond donors (Lipinski definition) is 0. The second kappa shape index (κ2) is 7.81. The minimum Gasteiger partial charge on any atom is -0.0922 e. The number of rotatable bonds is 7. The third-order valence-electron chi connectivity index (χ3n) is 5.10. The Labute approximate surface area is 117 Å². The second-order valence-electron chi connectivity index (χ2n) is 6.27. The first-order chi connectivity index (χ1) is 8.18. The van der Waals surface area contributed by atoms with Crippen molar-refractivity contribution in [2.24, 2.45) is 17.3 Å². The number of halogens is 1. The van der Waals surface area contributed by atoms with Crippen molar-refractivity contribution in [3.63, 3.8) is 0 Å². The van der Waals surface area contributed by atoms with E-state index in [4.69, 9.17) is 0 Å². The summed E-state index contributed by atoms with van der Waals surface area (Å²) >= 11 is 3.81. The van der Waals surface area contributed by atoms with E-state index < -0.39 is 0 Å². The van der Waals surface area contributed by atoms with Gasteiger partial charge in [0.2, 0.25) is 0 Å². The van der Waals surface area contributed by atoms with Gasteiger partial charge >= 0.3 is 0 Å². The Morgan fingerprint density at radius 1 is 1.18 bits per heavy atom. The van der Waals surface area contributed by atoms with Gasteiger partial charge in [-0.05, 0) is 42.9 Å². The molecule has 0 heterocycles. The summed E-state index contributed by atoms with van der Waals surface area (Å²) in [6.45, 7) is 7.12. The Balaban J connectivity index is 2.45. The molecule has 0 bridgehead atoms. The van der Waals surface area contributed by atoms with Gasteiger partial charge in [-0.1, -0.05) is 68.8 Å². The molecule has 1 saturated carbocycles. The summed E-state index contributed by atoms with van der Waals surface area (Å²) in [5, 5.41) is 1.22. The molecule has 1 fully saturated rings. The van der Waals surface area contributed by atoms with E-state index in [2.05, 4.69) is 36.7 Å². The first kappa shape index (κ1) is 15.5. The highest BCUT2D eigenvalue weighted by Crippen LogP contribution is 2.48. The molecule has 1 heteroatoms. The van der Waals surface area contributed by atoms with Gasteiger partial charge < -0.3 is 0 Å². The average molecular weight is 303 g/mol. The van der Waals surface area contributed by atoms with E-state index in [-0.39, 0.29) is 0 Å². The Morgan fingerprint density at radius 3 is 2.29 bits per heavy atom. The fourth-order valence-corrected chi connectivity index (χ4v) is 4.64. The van der Waals surface area contributed by atoms with E-state index in [0.29, 0.717) is 5.41 Å². The maximum Gasteiger partial charge on any atom is 0.00905 e. The summed E-state index contributed by atoms with van der Waals surface area (Å²) in [7, 11) is 0. The van der Waals surface area contributed by atoms with Gasteiger partial charge in [-0.3, -0.25) is 0 Å². The zero-order valence-electron chi connectivity index (χ0n) is 12.1. The molecule has 1 aliphatic rings. The monoisotopic (exact) mass is 302 g/mol. The Kier molecular flexibility index (Phi) is 7.14. The number of unbranched alkanes of at least 4 members (excludes halogenated alkanes) is 1. The van der Waals surface area contributed by atoms with E-state index >= 15 is 0 Å². The van der Waals surface area contributed by atoms with Crippen LogP contribution in [0.1, 0.15) is 78.6 Å². The highest BCUT2D eigenvalue weighted by atomic mass is 79.9. The van der Waals surface area contributed by atoms with Gasteiger partial charge in [0.1, 0.15) is 0 Å². The smallest absolute Gasteiger partial charge is 0.00905 e. The summed E-state index contributed by atoms with van der Waals surface area (Å²) in [6.07, 6.45) is 12.9. The van der Waals surface area contributed by atoms with E-state index in [0.717, 1.165) is 11.8 Å². The van der Waals surface area contributed by atoms with Crippen LogP contribution in [-0.2, 0) is 0 Å². The van der Waals surface area contributed by atoms with Crippen molar-refractivity contribution < 1.29 is 0 Å². The predicted molar refractivity (Wildman–Crippen MR) is 81.8 cm³/mol. The molecule has 0 aromatic rings. The Bertz CT molecular complexity index is 192. The zero-order valence-corrected chi connectivity index (χ0v) is 13.7. The van der Waals surface area contributed by atoms with Crippen LogP contribution >= 0.6 is 15.9 Å². The first-order valence-electron chi connectivity index (χ1n) is 7.74. The molecule has 1 atom stereocenters. The van der Waals surface area contributed by atoms with Crippen molar-refractivity contribution in [1.82, 2.24) is 0 Å². The number of hydrogen-bond acceptors (Lipinski definition) is 0. The minimum atomic E-state index is 0.624. The van der Waals surface area contributed by atoms with Crippen LogP contribution in [0.5, 0.6) is 0 Å². The largest absolute Gasteiger partial charge is 0.0922 e. The summed E-state index contributed by atoms with van der Waals surface area (Å²) in [4.78, 5) is 0. The van der Waals surface area contributed by atoms with Crippen LogP contribution in [0.3, 0.4) is 0 Å². The van der Waals surface area contributed by atoms with Crippen LogP contribution in [-0.4, -0.2) is 5.33 Å². The molecular formula is C16H31Br. The van der Waals surface area contributed by atoms with E-state index in [1.165, 1.54) is 63.1 Å². The molecule has 0 radical (unpaired) electrons. The van der Waals surface area contributed by atoms with E-state index in [1.807, 2.05) is 0 Å². The lowest BCUT2D eigenvalue weighted by Crippen LogP contribution is -2.35. The van der Waals surface area contributed by atoms with Crippen molar-refractivity contribution in [3.8, 4) is 0 Å². The molecule has 0 aromatic carbocycles. The molecule has 102 valence electrons. The molecular weight excluding hydrogens is 272 g/mol. The summed E-state index contributed by atoms with van der Waals surface area (Å²) < 4.78 is 0. The number of alkyl halides is 1. The quantitative estimate of drug-likeness (QED) is 0.492. The van der Waals surface area contributed by atoms with Crippen LogP contribution in [0.4, 0.5) is 0 Å². The van der Waals surface area contributed by atoms with Gasteiger partial charge in [-0.2, -0.15) is 0 Å². The molecule has 1 unspecified atom stereocenters. The van der Waals surface area contributed by atoms with Crippen LogP contribution in [0.15, 0.2) is 0 Å². The molecule has 0 saturated heterocycles. The van der Waals surface area contributed by atoms with Gasteiger partial charge in [0.25, 0.3) is 0 Å². The molecule has 0 aliphatic heterocycles. The second-order valence-corrected chi connectivity index (χ2v) is 6.83. The van der Waals surface area contributed by atoms with Crippen molar-refractivity contribution >= 4 is 15.9 Å². The van der Waals surface area contributed by atoms with Crippen LogP contribution in [0, 0.1) is 17.3 Å². The van der Waals surface area contributed by atoms with E-state index in [9.17, 15) is 0 Å². The van der Waals surface area contributed by atoms with Gasteiger partial charge in [0, 0.05) is 5.33 Å². The molecule has 17 heavy (non-hydrogen) atoms. The fraction of sp³-hybridized carbons (Fsp3) is 1.00. The van der Waals surface area contributed by atoms with Crippen molar-refractivity contribution in [2.75, 3.05) is 5.33 Å². The van der Waals surface area contributed by atoms with E-state index in [1.54, 1.807) is 0 Å².